The lowest BCUT2D eigenvalue weighted by atomic mass is 10.1. The van der Waals surface area contributed by atoms with E-state index in [9.17, 15) is 13.2 Å². The van der Waals surface area contributed by atoms with Crippen LogP contribution in [0.4, 0.5) is 0 Å². The molecule has 29 heavy (non-hydrogen) atoms. The van der Waals surface area contributed by atoms with Crippen LogP contribution in [0.1, 0.15) is 22.8 Å². The van der Waals surface area contributed by atoms with Crippen molar-refractivity contribution in [3.63, 3.8) is 0 Å². The van der Waals surface area contributed by atoms with E-state index < -0.39 is 9.84 Å². The molecule has 7 heteroatoms. The van der Waals surface area contributed by atoms with Crippen molar-refractivity contribution >= 4 is 27.2 Å². The van der Waals surface area contributed by atoms with Crippen molar-refractivity contribution in [2.24, 2.45) is 0 Å². The highest BCUT2D eigenvalue weighted by Gasteiger charge is 2.22. The van der Waals surface area contributed by atoms with Crippen molar-refractivity contribution in [2.75, 3.05) is 7.11 Å². The lowest BCUT2D eigenvalue weighted by Gasteiger charge is -2.13. The maximum absolute atomic E-state index is 13.1. The fraction of sp³-hybridized carbons (Fsp3) is 0.136. The van der Waals surface area contributed by atoms with E-state index in [1.54, 1.807) is 6.07 Å². The standard InChI is InChI=1S/C22H19ClO5S/c1-15(24)17-10-18(23)12-20(11-17)29(25,26)19-8-9-21(22(13-19)27-2)28-14-16-6-4-3-5-7-16/h3-13H,14H2,1-2H3. The van der Waals surface area contributed by atoms with Crippen LogP contribution < -0.4 is 9.47 Å². The van der Waals surface area contributed by atoms with Gasteiger partial charge in [-0.2, -0.15) is 0 Å². The number of sulfone groups is 1. The Morgan fingerprint density at radius 1 is 0.931 bits per heavy atom. The largest absolute Gasteiger partial charge is 0.493 e. The van der Waals surface area contributed by atoms with Gasteiger partial charge < -0.3 is 9.47 Å². The summed E-state index contributed by atoms with van der Waals surface area (Å²) < 4.78 is 37.2. The normalized spacial score (nSPS) is 11.1. The maximum atomic E-state index is 13.1. The number of methoxy groups -OCH3 is 1. The first-order valence-corrected chi connectivity index (χ1v) is 10.6. The number of benzene rings is 3. The molecular weight excluding hydrogens is 412 g/mol. The Balaban J connectivity index is 1.93. The predicted molar refractivity (Wildman–Crippen MR) is 111 cm³/mol. The number of hydrogen-bond donors (Lipinski definition) is 0. The highest BCUT2D eigenvalue weighted by molar-refractivity contribution is 7.91. The van der Waals surface area contributed by atoms with Gasteiger partial charge in [0.25, 0.3) is 0 Å². The average Bonchev–Trinajstić information content (AvgIpc) is 2.72. The van der Waals surface area contributed by atoms with Crippen LogP contribution in [0, 0.1) is 0 Å². The van der Waals surface area contributed by atoms with Crippen LogP contribution >= 0.6 is 11.6 Å². The van der Waals surface area contributed by atoms with Gasteiger partial charge in [-0.25, -0.2) is 8.42 Å². The van der Waals surface area contributed by atoms with E-state index in [0.717, 1.165) is 5.56 Å². The highest BCUT2D eigenvalue weighted by atomic mass is 35.5. The Bertz CT molecular complexity index is 1140. The number of carbonyl (C=O) groups excluding carboxylic acids is 1. The molecule has 3 aromatic carbocycles. The van der Waals surface area contributed by atoms with Gasteiger partial charge in [0.1, 0.15) is 6.61 Å². The minimum atomic E-state index is -3.91. The Morgan fingerprint density at radius 3 is 2.31 bits per heavy atom. The first-order valence-electron chi connectivity index (χ1n) is 8.72. The second-order valence-electron chi connectivity index (χ2n) is 6.32. The van der Waals surface area contributed by atoms with Crippen LogP contribution in [-0.4, -0.2) is 21.3 Å². The van der Waals surface area contributed by atoms with Gasteiger partial charge in [0.05, 0.1) is 16.9 Å². The molecule has 0 aliphatic rings. The van der Waals surface area contributed by atoms with E-state index in [1.165, 1.54) is 44.4 Å². The molecule has 0 unspecified atom stereocenters. The lowest BCUT2D eigenvalue weighted by Crippen LogP contribution is -2.05. The van der Waals surface area contributed by atoms with Crippen LogP contribution in [0.25, 0.3) is 0 Å². The molecule has 0 saturated heterocycles. The molecule has 150 valence electrons. The number of ether oxygens (including phenoxy) is 2. The quantitative estimate of drug-likeness (QED) is 0.495. The van der Waals surface area contributed by atoms with Gasteiger partial charge >= 0.3 is 0 Å². The smallest absolute Gasteiger partial charge is 0.206 e. The number of halogens is 1. The molecule has 0 aliphatic heterocycles. The van der Waals surface area contributed by atoms with Gasteiger partial charge in [-0.05, 0) is 42.8 Å². The summed E-state index contributed by atoms with van der Waals surface area (Å²) in [6.45, 7) is 1.67. The van der Waals surface area contributed by atoms with E-state index in [2.05, 4.69) is 0 Å². The summed E-state index contributed by atoms with van der Waals surface area (Å²) in [5, 5.41) is 0.172. The average molecular weight is 431 g/mol. The van der Waals surface area contributed by atoms with Crippen molar-refractivity contribution in [3.8, 4) is 11.5 Å². The fourth-order valence-electron chi connectivity index (χ4n) is 2.73. The second kappa shape index (κ2) is 8.68. The first kappa shape index (κ1) is 20.9. The van der Waals surface area contributed by atoms with Crippen molar-refractivity contribution in [1.82, 2.24) is 0 Å². The molecule has 0 atom stereocenters. The Hall–Kier alpha value is -2.83. The summed E-state index contributed by atoms with van der Waals surface area (Å²) in [6.07, 6.45) is 0. The van der Waals surface area contributed by atoms with Crippen LogP contribution in [0.3, 0.4) is 0 Å². The summed E-state index contributed by atoms with van der Waals surface area (Å²) in [6, 6.07) is 18.0. The number of carbonyl (C=O) groups is 1. The molecule has 0 heterocycles. The molecule has 0 aromatic heterocycles. The Kier molecular flexibility index (Phi) is 6.25. The Labute approximate surface area is 174 Å². The summed E-state index contributed by atoms with van der Waals surface area (Å²) in [7, 11) is -2.47. The van der Waals surface area contributed by atoms with Gasteiger partial charge in [0.2, 0.25) is 9.84 Å². The van der Waals surface area contributed by atoms with Crippen molar-refractivity contribution < 1.29 is 22.7 Å². The lowest BCUT2D eigenvalue weighted by molar-refractivity contribution is 0.101. The fourth-order valence-corrected chi connectivity index (χ4v) is 4.37. The third kappa shape index (κ3) is 4.78. The van der Waals surface area contributed by atoms with Gasteiger partial charge in [-0.15, -0.1) is 0 Å². The topological polar surface area (TPSA) is 69.7 Å². The summed E-state index contributed by atoms with van der Waals surface area (Å²) in [5.74, 6) is 0.438. The van der Waals surface area contributed by atoms with Gasteiger partial charge in [-0.3, -0.25) is 4.79 Å². The SMILES string of the molecule is COc1cc(S(=O)(=O)c2cc(Cl)cc(C(C)=O)c2)ccc1OCc1ccccc1. The zero-order valence-corrected chi connectivity index (χ0v) is 17.5. The summed E-state index contributed by atoms with van der Waals surface area (Å²) >= 11 is 6.01. The molecular formula is C22H19ClO5S. The number of hydrogen-bond acceptors (Lipinski definition) is 5. The molecule has 0 aliphatic carbocycles. The van der Waals surface area contributed by atoms with Crippen molar-refractivity contribution in [1.29, 1.82) is 0 Å². The van der Waals surface area contributed by atoms with Crippen molar-refractivity contribution in [2.45, 2.75) is 23.3 Å². The van der Waals surface area contributed by atoms with E-state index in [4.69, 9.17) is 21.1 Å². The van der Waals surface area contributed by atoms with E-state index in [1.807, 2.05) is 30.3 Å². The molecule has 0 fully saturated rings. The van der Waals surface area contributed by atoms with Gasteiger partial charge in [0.15, 0.2) is 17.3 Å². The maximum Gasteiger partial charge on any atom is 0.206 e. The van der Waals surface area contributed by atoms with Crippen LogP contribution in [-0.2, 0) is 16.4 Å². The molecule has 0 N–H and O–H groups in total. The Morgan fingerprint density at radius 2 is 1.66 bits per heavy atom. The molecule has 0 saturated carbocycles. The molecule has 0 bridgehead atoms. The summed E-state index contributed by atoms with van der Waals surface area (Å²) in [5.41, 5.74) is 1.20. The molecule has 3 aromatic rings. The molecule has 0 spiro atoms. The third-order valence-electron chi connectivity index (χ3n) is 4.27. The third-order valence-corrected chi connectivity index (χ3v) is 6.22. The van der Waals surface area contributed by atoms with E-state index in [-0.39, 0.29) is 31.9 Å². The second-order valence-corrected chi connectivity index (χ2v) is 8.71. The molecule has 0 radical (unpaired) electrons. The van der Waals surface area contributed by atoms with E-state index in [0.29, 0.717) is 12.4 Å². The van der Waals surface area contributed by atoms with Crippen molar-refractivity contribution in [3.05, 3.63) is 82.9 Å². The van der Waals surface area contributed by atoms with Crippen LogP contribution in [0.15, 0.2) is 76.5 Å². The zero-order valence-electron chi connectivity index (χ0n) is 15.9. The highest BCUT2D eigenvalue weighted by Crippen LogP contribution is 2.33. The zero-order chi connectivity index (χ0) is 21.0. The van der Waals surface area contributed by atoms with E-state index >= 15 is 0 Å². The first-order chi connectivity index (χ1) is 13.8. The van der Waals surface area contributed by atoms with Crippen LogP contribution in [0.2, 0.25) is 5.02 Å². The minimum absolute atomic E-state index is 0.0122. The number of Topliss-reactive ketones (excluding diaryl/α,β-unsaturated/α-hetero) is 1. The number of rotatable bonds is 7. The molecule has 5 nitrogen and oxygen atoms in total. The predicted octanol–water partition coefficient (Wildman–Crippen LogP) is 4.96. The molecule has 3 rings (SSSR count). The van der Waals surface area contributed by atoms with Crippen LogP contribution in [0.5, 0.6) is 11.5 Å². The van der Waals surface area contributed by atoms with Gasteiger partial charge in [0, 0.05) is 16.7 Å². The summed E-state index contributed by atoms with van der Waals surface area (Å²) in [4.78, 5) is 11.6. The molecule has 0 amide bonds. The monoisotopic (exact) mass is 430 g/mol. The number of ketones is 1. The van der Waals surface area contributed by atoms with Gasteiger partial charge in [-0.1, -0.05) is 41.9 Å². The minimum Gasteiger partial charge on any atom is -0.493 e.